The molecule has 0 fully saturated rings. The van der Waals surface area contributed by atoms with Crippen molar-refractivity contribution in [2.75, 3.05) is 20.4 Å². The van der Waals surface area contributed by atoms with Crippen molar-refractivity contribution >= 4 is 5.97 Å². The van der Waals surface area contributed by atoms with Crippen LogP contribution in [0.2, 0.25) is 0 Å². The average Bonchev–Trinajstić information content (AvgIpc) is 2.34. The van der Waals surface area contributed by atoms with E-state index in [0.29, 0.717) is 17.9 Å². The lowest BCUT2D eigenvalue weighted by molar-refractivity contribution is -0.136. The molecule has 0 heterocycles. The Hall–Kier alpha value is -1.78. The number of aliphatic carboxylic acids is 1. The van der Waals surface area contributed by atoms with Gasteiger partial charge < -0.3 is 14.6 Å². The molecule has 0 spiro atoms. The fraction of sp³-hybridized carbons (Fsp3) is 0.417. The second-order valence-electron chi connectivity index (χ2n) is 3.42. The Kier molecular flexibility index (Phi) is 5.26. The standard InChI is InChI=1S/C12H15FO4/c1-16-11-8-9(3-5-12(14)15)2-4-10(11)17-7-6-13/h2,4,8H,3,5-7H2,1H3,(H,14,15). The highest BCUT2D eigenvalue weighted by Crippen LogP contribution is 2.28. The van der Waals surface area contributed by atoms with E-state index in [4.69, 9.17) is 14.6 Å². The highest BCUT2D eigenvalue weighted by molar-refractivity contribution is 5.67. The molecule has 0 radical (unpaired) electrons. The lowest BCUT2D eigenvalue weighted by atomic mass is 10.1. The van der Waals surface area contributed by atoms with Crippen LogP contribution in [0.25, 0.3) is 0 Å². The summed E-state index contributed by atoms with van der Waals surface area (Å²) in [7, 11) is 1.48. The molecule has 0 aliphatic heterocycles. The second kappa shape index (κ2) is 6.73. The number of ether oxygens (including phenoxy) is 2. The van der Waals surface area contributed by atoms with Crippen molar-refractivity contribution in [2.24, 2.45) is 0 Å². The van der Waals surface area contributed by atoms with Gasteiger partial charge in [0.25, 0.3) is 0 Å². The van der Waals surface area contributed by atoms with Gasteiger partial charge in [-0.25, -0.2) is 4.39 Å². The summed E-state index contributed by atoms with van der Waals surface area (Å²) >= 11 is 0. The maximum atomic E-state index is 12.0. The quantitative estimate of drug-likeness (QED) is 0.795. The number of carbonyl (C=O) groups is 1. The maximum Gasteiger partial charge on any atom is 0.303 e. The van der Waals surface area contributed by atoms with Crippen molar-refractivity contribution in [3.63, 3.8) is 0 Å². The molecule has 1 aromatic carbocycles. The van der Waals surface area contributed by atoms with Crippen molar-refractivity contribution in [3.05, 3.63) is 23.8 Å². The van der Waals surface area contributed by atoms with E-state index in [1.807, 2.05) is 0 Å². The molecule has 94 valence electrons. The number of alkyl halides is 1. The topological polar surface area (TPSA) is 55.8 Å². The van der Waals surface area contributed by atoms with Gasteiger partial charge in [0, 0.05) is 6.42 Å². The Balaban J connectivity index is 2.73. The first-order chi connectivity index (χ1) is 8.17. The van der Waals surface area contributed by atoms with E-state index < -0.39 is 12.6 Å². The van der Waals surface area contributed by atoms with Crippen LogP contribution in [0.4, 0.5) is 4.39 Å². The van der Waals surface area contributed by atoms with Crippen LogP contribution in [0.15, 0.2) is 18.2 Å². The van der Waals surface area contributed by atoms with Crippen LogP contribution < -0.4 is 9.47 Å². The molecule has 0 unspecified atom stereocenters. The van der Waals surface area contributed by atoms with Crippen LogP contribution in [0.1, 0.15) is 12.0 Å². The van der Waals surface area contributed by atoms with Crippen LogP contribution in [0.5, 0.6) is 11.5 Å². The third-order valence-electron chi connectivity index (χ3n) is 2.19. The van der Waals surface area contributed by atoms with Gasteiger partial charge >= 0.3 is 5.97 Å². The number of aryl methyl sites for hydroxylation is 1. The summed E-state index contributed by atoms with van der Waals surface area (Å²) in [5, 5.41) is 8.57. The number of carboxylic acids is 1. The van der Waals surface area contributed by atoms with Crippen molar-refractivity contribution in [1.82, 2.24) is 0 Å². The first-order valence-corrected chi connectivity index (χ1v) is 5.25. The Labute approximate surface area is 99.0 Å². The maximum absolute atomic E-state index is 12.0. The molecule has 0 aliphatic carbocycles. The van der Waals surface area contributed by atoms with Crippen molar-refractivity contribution in [1.29, 1.82) is 0 Å². The molecule has 0 bridgehead atoms. The van der Waals surface area contributed by atoms with Gasteiger partial charge in [0.15, 0.2) is 11.5 Å². The predicted octanol–water partition coefficient (Wildman–Crippen LogP) is 2.06. The number of halogens is 1. The van der Waals surface area contributed by atoms with Gasteiger partial charge in [-0.05, 0) is 24.1 Å². The van der Waals surface area contributed by atoms with E-state index in [-0.39, 0.29) is 13.0 Å². The molecule has 0 aromatic heterocycles. The van der Waals surface area contributed by atoms with Gasteiger partial charge in [0.1, 0.15) is 13.3 Å². The summed E-state index contributed by atoms with van der Waals surface area (Å²) in [6, 6.07) is 5.11. The fourth-order valence-electron chi connectivity index (χ4n) is 1.39. The minimum Gasteiger partial charge on any atom is -0.493 e. The first-order valence-electron chi connectivity index (χ1n) is 5.25. The third-order valence-corrected chi connectivity index (χ3v) is 2.19. The highest BCUT2D eigenvalue weighted by atomic mass is 19.1. The monoisotopic (exact) mass is 242 g/mol. The molecular weight excluding hydrogens is 227 g/mol. The largest absolute Gasteiger partial charge is 0.493 e. The number of hydrogen-bond acceptors (Lipinski definition) is 3. The molecule has 1 aromatic rings. The Morgan fingerprint density at radius 3 is 2.76 bits per heavy atom. The number of carboxylic acid groups (broad SMARTS) is 1. The van der Waals surface area contributed by atoms with Crippen LogP contribution >= 0.6 is 0 Å². The highest BCUT2D eigenvalue weighted by Gasteiger charge is 2.07. The number of rotatable bonds is 7. The van der Waals surface area contributed by atoms with Crippen molar-refractivity contribution in [3.8, 4) is 11.5 Å². The molecule has 4 nitrogen and oxygen atoms in total. The van der Waals surface area contributed by atoms with Crippen LogP contribution in [0.3, 0.4) is 0 Å². The fourth-order valence-corrected chi connectivity index (χ4v) is 1.39. The number of hydrogen-bond donors (Lipinski definition) is 1. The molecule has 0 atom stereocenters. The lowest BCUT2D eigenvalue weighted by Gasteiger charge is -2.10. The molecule has 0 saturated carbocycles. The minimum absolute atomic E-state index is 0.0230. The first kappa shape index (κ1) is 13.3. The van der Waals surface area contributed by atoms with Gasteiger partial charge in [0.2, 0.25) is 0 Å². The van der Waals surface area contributed by atoms with E-state index >= 15 is 0 Å². The molecule has 1 rings (SSSR count). The predicted molar refractivity (Wildman–Crippen MR) is 60.4 cm³/mol. The van der Waals surface area contributed by atoms with E-state index in [0.717, 1.165) is 5.56 Å². The zero-order valence-corrected chi connectivity index (χ0v) is 9.61. The normalized spacial score (nSPS) is 10.0. The summed E-state index contributed by atoms with van der Waals surface area (Å²) in [4.78, 5) is 10.4. The van der Waals surface area contributed by atoms with Crippen LogP contribution in [-0.4, -0.2) is 31.5 Å². The summed E-state index contributed by atoms with van der Waals surface area (Å²) in [5.41, 5.74) is 0.844. The van der Waals surface area contributed by atoms with Gasteiger partial charge in [0.05, 0.1) is 7.11 Å². The molecular formula is C12H15FO4. The summed E-state index contributed by atoms with van der Waals surface area (Å²) < 4.78 is 22.2. The Morgan fingerprint density at radius 1 is 1.41 bits per heavy atom. The van der Waals surface area contributed by atoms with Gasteiger partial charge in [-0.15, -0.1) is 0 Å². The second-order valence-corrected chi connectivity index (χ2v) is 3.42. The zero-order chi connectivity index (χ0) is 12.7. The van der Waals surface area contributed by atoms with Crippen LogP contribution in [-0.2, 0) is 11.2 Å². The molecule has 0 aliphatic rings. The van der Waals surface area contributed by atoms with E-state index in [2.05, 4.69) is 0 Å². The number of benzene rings is 1. The number of methoxy groups -OCH3 is 1. The molecule has 1 N–H and O–H groups in total. The van der Waals surface area contributed by atoms with Crippen molar-refractivity contribution < 1.29 is 23.8 Å². The lowest BCUT2D eigenvalue weighted by Crippen LogP contribution is -2.02. The summed E-state index contributed by atoms with van der Waals surface area (Å²) in [6.07, 6.45) is 0.489. The molecule has 5 heteroatoms. The summed E-state index contributed by atoms with van der Waals surface area (Å²) in [6.45, 7) is -0.589. The van der Waals surface area contributed by atoms with Gasteiger partial charge in [-0.2, -0.15) is 0 Å². The molecule has 17 heavy (non-hydrogen) atoms. The average molecular weight is 242 g/mol. The smallest absolute Gasteiger partial charge is 0.303 e. The van der Waals surface area contributed by atoms with Gasteiger partial charge in [-0.1, -0.05) is 6.07 Å². The van der Waals surface area contributed by atoms with Crippen molar-refractivity contribution in [2.45, 2.75) is 12.8 Å². The van der Waals surface area contributed by atoms with E-state index in [1.54, 1.807) is 18.2 Å². The third kappa shape index (κ3) is 4.30. The minimum atomic E-state index is -0.846. The molecule has 0 saturated heterocycles. The van der Waals surface area contributed by atoms with Gasteiger partial charge in [-0.3, -0.25) is 4.79 Å². The summed E-state index contributed by atoms with van der Waals surface area (Å²) in [5.74, 6) is 0.104. The van der Waals surface area contributed by atoms with E-state index in [9.17, 15) is 9.18 Å². The Bertz CT molecular complexity index is 379. The Morgan fingerprint density at radius 2 is 2.18 bits per heavy atom. The zero-order valence-electron chi connectivity index (χ0n) is 9.61. The van der Waals surface area contributed by atoms with Crippen LogP contribution in [0, 0.1) is 0 Å². The molecule has 0 amide bonds. The SMILES string of the molecule is COc1cc(CCC(=O)O)ccc1OCCF. The van der Waals surface area contributed by atoms with E-state index in [1.165, 1.54) is 7.11 Å².